The summed E-state index contributed by atoms with van der Waals surface area (Å²) < 4.78 is 40.7. The Bertz CT molecular complexity index is 1370. The van der Waals surface area contributed by atoms with Gasteiger partial charge in [-0.25, -0.2) is 8.42 Å². The van der Waals surface area contributed by atoms with Gasteiger partial charge in [-0.3, -0.25) is 13.8 Å². The van der Waals surface area contributed by atoms with Crippen molar-refractivity contribution in [2.45, 2.75) is 38.1 Å². The average molecular weight is 469 g/mol. The lowest BCUT2D eigenvalue weighted by Crippen LogP contribution is -2.30. The van der Waals surface area contributed by atoms with Crippen molar-refractivity contribution in [3.05, 3.63) is 59.4 Å². The van der Waals surface area contributed by atoms with Crippen LogP contribution in [-0.4, -0.2) is 37.4 Å². The first-order valence-electron chi connectivity index (χ1n) is 10.6. The van der Waals surface area contributed by atoms with Crippen LogP contribution in [0.4, 0.5) is 11.4 Å². The second-order valence-corrected chi connectivity index (χ2v) is 9.93. The van der Waals surface area contributed by atoms with Crippen LogP contribution < -0.4 is 19.1 Å². The summed E-state index contributed by atoms with van der Waals surface area (Å²) in [5.41, 5.74) is 3.03. The van der Waals surface area contributed by atoms with E-state index in [9.17, 15) is 13.2 Å². The Morgan fingerprint density at radius 2 is 1.88 bits per heavy atom. The van der Waals surface area contributed by atoms with E-state index in [1.54, 1.807) is 39.0 Å². The van der Waals surface area contributed by atoms with Crippen LogP contribution >= 0.6 is 0 Å². The molecule has 33 heavy (non-hydrogen) atoms. The van der Waals surface area contributed by atoms with Crippen molar-refractivity contribution in [2.75, 3.05) is 23.0 Å². The van der Waals surface area contributed by atoms with E-state index in [4.69, 9.17) is 9.47 Å². The molecule has 1 aromatic heterocycles. The highest BCUT2D eigenvalue weighted by Gasteiger charge is 2.36. The molecule has 0 bridgehead atoms. The van der Waals surface area contributed by atoms with Crippen molar-refractivity contribution in [1.82, 2.24) is 9.78 Å². The van der Waals surface area contributed by atoms with E-state index in [-0.39, 0.29) is 17.6 Å². The largest absolute Gasteiger partial charge is 0.454 e. The number of rotatable bonds is 5. The topological polar surface area (TPSA) is 103 Å². The molecular weight excluding hydrogens is 444 g/mol. The molecule has 0 saturated carbocycles. The van der Waals surface area contributed by atoms with Gasteiger partial charge in [0.05, 0.1) is 17.1 Å². The van der Waals surface area contributed by atoms with Gasteiger partial charge in [0, 0.05) is 18.3 Å². The number of sulfonamides is 1. The third-order valence-corrected chi connectivity index (χ3v) is 8.10. The highest BCUT2D eigenvalue weighted by atomic mass is 32.2. The molecule has 2 aromatic carbocycles. The lowest BCUT2D eigenvalue weighted by molar-refractivity contribution is -0.119. The fraction of sp³-hybridized carbons (Fsp3) is 0.304. The van der Waals surface area contributed by atoms with Gasteiger partial charge in [0.25, 0.3) is 10.0 Å². The molecule has 3 heterocycles. The van der Waals surface area contributed by atoms with Crippen molar-refractivity contribution in [2.24, 2.45) is 0 Å². The first kappa shape index (κ1) is 21.3. The number of carbonyl (C=O) groups is 1. The highest BCUT2D eigenvalue weighted by Crippen LogP contribution is 2.36. The van der Waals surface area contributed by atoms with Gasteiger partial charge in [0.1, 0.15) is 10.9 Å². The zero-order valence-electron chi connectivity index (χ0n) is 18.5. The predicted octanol–water partition coefficient (Wildman–Crippen LogP) is 3.18. The smallest absolute Gasteiger partial charge is 0.268 e. The normalized spacial score (nSPS) is 15.4. The molecule has 3 aromatic rings. The minimum atomic E-state index is -3.83. The van der Waals surface area contributed by atoms with Crippen LogP contribution in [-0.2, 0) is 21.2 Å². The van der Waals surface area contributed by atoms with E-state index < -0.39 is 16.1 Å². The van der Waals surface area contributed by atoms with E-state index in [0.717, 1.165) is 5.56 Å². The second kappa shape index (κ2) is 7.80. The fourth-order valence-corrected chi connectivity index (χ4v) is 6.27. The zero-order valence-corrected chi connectivity index (χ0v) is 19.3. The number of nitrogens with zero attached hydrogens (tertiary/aromatic N) is 3. The molecule has 0 aliphatic carbocycles. The van der Waals surface area contributed by atoms with Gasteiger partial charge >= 0.3 is 0 Å². The molecule has 0 unspecified atom stereocenters. The van der Waals surface area contributed by atoms with Gasteiger partial charge in [0.2, 0.25) is 12.7 Å². The first-order chi connectivity index (χ1) is 15.8. The summed E-state index contributed by atoms with van der Waals surface area (Å²) in [5.74, 6) is 0.860. The molecule has 1 amide bonds. The summed E-state index contributed by atoms with van der Waals surface area (Å²) in [6.07, 6.45) is 0.663. The molecular formula is C23H24N4O5S. The minimum absolute atomic E-state index is 0.141. The molecule has 0 fully saturated rings. The first-order valence-corrected chi connectivity index (χ1v) is 12.1. The van der Waals surface area contributed by atoms with Crippen molar-refractivity contribution in [3.8, 4) is 11.5 Å². The maximum Gasteiger partial charge on any atom is 0.268 e. The number of fused-ring (bicyclic) bond motifs is 2. The van der Waals surface area contributed by atoms with Crippen molar-refractivity contribution in [1.29, 1.82) is 0 Å². The summed E-state index contributed by atoms with van der Waals surface area (Å²) >= 11 is 0. The summed E-state index contributed by atoms with van der Waals surface area (Å²) in [4.78, 5) is 13.1. The zero-order chi connectivity index (χ0) is 23.3. The van der Waals surface area contributed by atoms with Crippen LogP contribution in [0.3, 0.4) is 0 Å². The summed E-state index contributed by atoms with van der Waals surface area (Å²) in [7, 11) is -3.83. The van der Waals surface area contributed by atoms with Crippen LogP contribution in [0.25, 0.3) is 0 Å². The van der Waals surface area contributed by atoms with E-state index in [2.05, 4.69) is 10.4 Å². The molecule has 5 rings (SSSR count). The maximum absolute atomic E-state index is 13.6. The minimum Gasteiger partial charge on any atom is -0.454 e. The molecule has 10 heteroatoms. The molecule has 0 spiro atoms. The molecule has 1 N–H and O–H groups in total. The molecule has 1 atom stereocenters. The van der Waals surface area contributed by atoms with Gasteiger partial charge in [0.15, 0.2) is 11.5 Å². The summed E-state index contributed by atoms with van der Waals surface area (Å²) in [6, 6.07) is 11.9. The predicted molar refractivity (Wildman–Crippen MR) is 122 cm³/mol. The van der Waals surface area contributed by atoms with Crippen molar-refractivity contribution in [3.63, 3.8) is 0 Å². The SMILES string of the molecule is Cc1nn([C@H](C)C(=O)Nc2ccc3c(c2)OCO3)c(C)c1S(=O)(=O)N1CCc2ccccc21. The Morgan fingerprint density at radius 1 is 1.12 bits per heavy atom. The van der Waals surface area contributed by atoms with E-state index in [1.165, 1.54) is 8.99 Å². The van der Waals surface area contributed by atoms with Gasteiger partial charge in [-0.05, 0) is 51.0 Å². The van der Waals surface area contributed by atoms with E-state index >= 15 is 0 Å². The summed E-state index contributed by atoms with van der Waals surface area (Å²) in [5, 5.41) is 7.27. The van der Waals surface area contributed by atoms with Gasteiger partial charge < -0.3 is 14.8 Å². The average Bonchev–Trinajstić information content (AvgIpc) is 3.49. The van der Waals surface area contributed by atoms with Crippen molar-refractivity contribution >= 4 is 27.3 Å². The Hall–Kier alpha value is -3.53. The van der Waals surface area contributed by atoms with E-state index in [0.29, 0.717) is 47.2 Å². The number of ether oxygens (including phenoxy) is 2. The van der Waals surface area contributed by atoms with Crippen molar-refractivity contribution < 1.29 is 22.7 Å². The van der Waals surface area contributed by atoms with Crippen LogP contribution in [0.2, 0.25) is 0 Å². The number of nitrogens with one attached hydrogen (secondary N) is 1. The number of hydrogen-bond donors (Lipinski definition) is 1. The number of amides is 1. The van der Waals surface area contributed by atoms with Gasteiger partial charge in [-0.2, -0.15) is 5.10 Å². The number of aryl methyl sites for hydroxylation is 1. The Balaban J connectivity index is 1.42. The molecule has 2 aliphatic rings. The third-order valence-electron chi connectivity index (χ3n) is 6.04. The number of anilines is 2. The van der Waals surface area contributed by atoms with Crippen LogP contribution in [0.15, 0.2) is 47.4 Å². The number of carbonyl (C=O) groups excluding carboxylic acids is 1. The standard InChI is InChI=1S/C23H24N4O5S/c1-14-22(33(29,30)26-11-10-17-6-4-5-7-19(17)26)15(2)27(25-14)16(3)23(28)24-18-8-9-20-21(12-18)32-13-31-20/h4-9,12,16H,10-11,13H2,1-3H3,(H,24,28)/t16-/m1/s1. The van der Waals surface area contributed by atoms with Gasteiger partial charge in [-0.1, -0.05) is 18.2 Å². The lowest BCUT2D eigenvalue weighted by atomic mass is 10.2. The maximum atomic E-state index is 13.6. The molecule has 172 valence electrons. The van der Waals surface area contributed by atoms with Crippen LogP contribution in [0, 0.1) is 13.8 Å². The number of para-hydroxylation sites is 1. The lowest BCUT2D eigenvalue weighted by Gasteiger charge is -2.20. The van der Waals surface area contributed by atoms with E-state index in [1.807, 2.05) is 24.3 Å². The highest BCUT2D eigenvalue weighted by molar-refractivity contribution is 7.93. The molecule has 0 radical (unpaired) electrons. The van der Waals surface area contributed by atoms with Gasteiger partial charge in [-0.15, -0.1) is 0 Å². The molecule has 0 saturated heterocycles. The molecule has 2 aliphatic heterocycles. The van der Waals surface area contributed by atoms with Crippen LogP contribution in [0.1, 0.15) is 29.9 Å². The number of benzene rings is 2. The number of hydrogen-bond acceptors (Lipinski definition) is 6. The Kier molecular flexibility index (Phi) is 5.04. The Labute approximate surface area is 192 Å². The Morgan fingerprint density at radius 3 is 2.70 bits per heavy atom. The third kappa shape index (κ3) is 3.50. The number of aromatic nitrogens is 2. The second-order valence-electron chi connectivity index (χ2n) is 8.13. The fourth-order valence-electron chi connectivity index (χ4n) is 4.40. The van der Waals surface area contributed by atoms with Crippen LogP contribution in [0.5, 0.6) is 11.5 Å². The quantitative estimate of drug-likeness (QED) is 0.617. The molecule has 9 nitrogen and oxygen atoms in total. The summed E-state index contributed by atoms with van der Waals surface area (Å²) in [6.45, 7) is 5.54. The monoisotopic (exact) mass is 468 g/mol.